The maximum Gasteiger partial charge on any atom is 0.283 e. The first-order chi connectivity index (χ1) is 12.3. The van der Waals surface area contributed by atoms with E-state index in [0.29, 0.717) is 0 Å². The van der Waals surface area contributed by atoms with Crippen LogP contribution in [0.15, 0.2) is 23.2 Å². The van der Waals surface area contributed by atoms with Crippen molar-refractivity contribution in [2.75, 3.05) is 11.6 Å². The van der Waals surface area contributed by atoms with Crippen molar-refractivity contribution in [1.29, 1.82) is 5.26 Å². The van der Waals surface area contributed by atoms with E-state index >= 15 is 0 Å². The predicted octanol–water partition coefficient (Wildman–Crippen LogP) is 2.83. The second kappa shape index (κ2) is 6.99. The van der Waals surface area contributed by atoms with Gasteiger partial charge in [0.1, 0.15) is 23.1 Å². The zero-order valence-corrected chi connectivity index (χ0v) is 14.8. The summed E-state index contributed by atoms with van der Waals surface area (Å²) in [6, 6.07) is 4.56. The quantitative estimate of drug-likeness (QED) is 0.855. The van der Waals surface area contributed by atoms with E-state index in [9.17, 15) is 22.5 Å². The van der Waals surface area contributed by atoms with Crippen molar-refractivity contribution in [3.63, 3.8) is 0 Å². The van der Waals surface area contributed by atoms with Gasteiger partial charge in [-0.2, -0.15) is 15.0 Å². The Morgan fingerprint density at radius 1 is 1.35 bits per heavy atom. The molecule has 1 saturated carbocycles. The van der Waals surface area contributed by atoms with E-state index in [0.717, 1.165) is 42.8 Å². The second-order valence-corrected chi connectivity index (χ2v) is 8.20. The summed E-state index contributed by atoms with van der Waals surface area (Å²) in [7, 11) is -3.43. The van der Waals surface area contributed by atoms with Crippen LogP contribution in [0.5, 0.6) is 0 Å². The van der Waals surface area contributed by atoms with Gasteiger partial charge in [-0.25, -0.2) is 22.2 Å². The van der Waals surface area contributed by atoms with Gasteiger partial charge >= 0.3 is 0 Å². The fourth-order valence-electron chi connectivity index (χ4n) is 2.98. The molecular formula is C16H17F2N5O2S. The Morgan fingerprint density at radius 3 is 2.54 bits per heavy atom. The summed E-state index contributed by atoms with van der Waals surface area (Å²) >= 11 is 0. The Balaban J connectivity index is 2.08. The monoisotopic (exact) mass is 381 g/mol. The molecule has 0 atom stereocenters. The van der Waals surface area contributed by atoms with Gasteiger partial charge in [-0.15, -0.1) is 0 Å². The van der Waals surface area contributed by atoms with Gasteiger partial charge in [0.15, 0.2) is 15.7 Å². The third-order valence-corrected chi connectivity index (χ3v) is 5.39. The molecule has 0 bridgehead atoms. The largest absolute Gasteiger partial charge is 0.366 e. The molecule has 0 amide bonds. The molecule has 10 heteroatoms. The van der Waals surface area contributed by atoms with Crippen LogP contribution in [0.2, 0.25) is 0 Å². The number of sulfone groups is 1. The summed E-state index contributed by atoms with van der Waals surface area (Å²) in [6.07, 6.45) is 3.08. The first-order valence-corrected chi connectivity index (χ1v) is 9.94. The van der Waals surface area contributed by atoms with Crippen LogP contribution in [0, 0.1) is 11.3 Å². The van der Waals surface area contributed by atoms with E-state index in [2.05, 4.69) is 15.4 Å². The average Bonchev–Trinajstić information content (AvgIpc) is 3.22. The SMILES string of the molecule is CS(=O)(=O)c1ccc(-n2nc(C(F)F)c(C#N)c2NC2CCCC2)nc1. The molecule has 1 fully saturated rings. The Labute approximate surface area is 149 Å². The molecular weight excluding hydrogens is 364 g/mol. The van der Waals surface area contributed by atoms with E-state index < -0.39 is 22.0 Å². The number of nitrogens with one attached hydrogen (secondary N) is 1. The molecule has 1 aliphatic rings. The predicted molar refractivity (Wildman–Crippen MR) is 90.0 cm³/mol. The van der Waals surface area contributed by atoms with Gasteiger partial charge in [-0.1, -0.05) is 12.8 Å². The Bertz CT molecular complexity index is 942. The normalized spacial score (nSPS) is 15.3. The molecule has 2 aromatic rings. The lowest BCUT2D eigenvalue weighted by Crippen LogP contribution is -2.18. The summed E-state index contributed by atoms with van der Waals surface area (Å²) in [6.45, 7) is 0. The van der Waals surface area contributed by atoms with Crippen LogP contribution in [0.1, 0.15) is 43.4 Å². The van der Waals surface area contributed by atoms with Crippen LogP contribution >= 0.6 is 0 Å². The number of aromatic nitrogens is 3. The van der Waals surface area contributed by atoms with Gasteiger partial charge in [0.05, 0.1) is 4.90 Å². The molecule has 7 nitrogen and oxygen atoms in total. The molecule has 0 aromatic carbocycles. The maximum absolute atomic E-state index is 13.3. The van der Waals surface area contributed by atoms with Crippen LogP contribution in [0.3, 0.4) is 0 Å². The number of pyridine rings is 1. The first kappa shape index (κ1) is 18.3. The molecule has 0 radical (unpaired) electrons. The van der Waals surface area contributed by atoms with Crippen molar-refractivity contribution < 1.29 is 17.2 Å². The molecule has 1 aliphatic carbocycles. The summed E-state index contributed by atoms with van der Waals surface area (Å²) in [4.78, 5) is 4.03. The highest BCUT2D eigenvalue weighted by molar-refractivity contribution is 7.90. The molecule has 1 N–H and O–H groups in total. The number of anilines is 1. The van der Waals surface area contributed by atoms with E-state index in [1.807, 2.05) is 0 Å². The number of alkyl halides is 2. The molecule has 0 saturated heterocycles. The zero-order chi connectivity index (χ0) is 18.9. The minimum Gasteiger partial charge on any atom is -0.366 e. The Kier molecular flexibility index (Phi) is 4.91. The maximum atomic E-state index is 13.3. The number of nitrogens with zero attached hydrogens (tertiary/aromatic N) is 4. The molecule has 26 heavy (non-hydrogen) atoms. The molecule has 2 aromatic heterocycles. The van der Waals surface area contributed by atoms with Crippen LogP contribution in [0.25, 0.3) is 5.82 Å². The molecule has 2 heterocycles. The lowest BCUT2D eigenvalue weighted by Gasteiger charge is -2.15. The first-order valence-electron chi connectivity index (χ1n) is 8.05. The Hall–Kier alpha value is -2.54. The Morgan fingerprint density at radius 2 is 2.04 bits per heavy atom. The lowest BCUT2D eigenvalue weighted by molar-refractivity contribution is 0.145. The smallest absolute Gasteiger partial charge is 0.283 e. The lowest BCUT2D eigenvalue weighted by atomic mass is 10.2. The summed E-state index contributed by atoms with van der Waals surface area (Å²) in [5, 5.41) is 16.3. The van der Waals surface area contributed by atoms with Gasteiger partial charge in [-0.05, 0) is 25.0 Å². The van der Waals surface area contributed by atoms with E-state index in [4.69, 9.17) is 0 Å². The van der Waals surface area contributed by atoms with Crippen LogP contribution in [0.4, 0.5) is 14.6 Å². The average molecular weight is 381 g/mol. The minimum absolute atomic E-state index is 0.00768. The van der Waals surface area contributed by atoms with Gasteiger partial charge in [0.2, 0.25) is 0 Å². The van der Waals surface area contributed by atoms with Crippen molar-refractivity contribution in [1.82, 2.24) is 14.8 Å². The van der Waals surface area contributed by atoms with Gasteiger partial charge in [-0.3, -0.25) is 0 Å². The van der Waals surface area contributed by atoms with E-state index in [-0.39, 0.29) is 28.1 Å². The summed E-state index contributed by atoms with van der Waals surface area (Å²) < 4.78 is 50.9. The van der Waals surface area contributed by atoms with Crippen molar-refractivity contribution in [2.24, 2.45) is 0 Å². The number of nitriles is 1. The van der Waals surface area contributed by atoms with E-state index in [1.165, 1.54) is 12.1 Å². The number of halogens is 2. The molecule has 0 spiro atoms. The fourth-order valence-corrected chi connectivity index (χ4v) is 3.54. The van der Waals surface area contributed by atoms with Gasteiger partial charge < -0.3 is 5.32 Å². The van der Waals surface area contributed by atoms with E-state index in [1.54, 1.807) is 6.07 Å². The van der Waals surface area contributed by atoms with Gasteiger partial charge in [0, 0.05) is 18.5 Å². The standard InChI is InChI=1S/C16H17F2N5O2S/c1-26(24,25)11-6-7-13(20-9-11)23-16(21-10-4-2-3-5-10)12(8-19)14(22-23)15(17)18/h6-7,9-10,15,21H,2-5H2,1H3. The highest BCUT2D eigenvalue weighted by Crippen LogP contribution is 2.32. The number of hydrogen-bond acceptors (Lipinski definition) is 6. The van der Waals surface area contributed by atoms with Crippen LogP contribution < -0.4 is 5.32 Å². The molecule has 0 aliphatic heterocycles. The number of hydrogen-bond donors (Lipinski definition) is 1. The highest BCUT2D eigenvalue weighted by Gasteiger charge is 2.27. The summed E-state index contributed by atoms with van der Waals surface area (Å²) in [5.41, 5.74) is -0.845. The third-order valence-electron chi connectivity index (χ3n) is 4.29. The molecule has 0 unspecified atom stereocenters. The van der Waals surface area contributed by atoms with Gasteiger partial charge in [0.25, 0.3) is 6.43 Å². The summed E-state index contributed by atoms with van der Waals surface area (Å²) in [5.74, 6) is 0.315. The second-order valence-electron chi connectivity index (χ2n) is 6.18. The zero-order valence-electron chi connectivity index (χ0n) is 14.0. The van der Waals surface area contributed by atoms with Crippen molar-refractivity contribution in [2.45, 2.75) is 43.0 Å². The molecule has 3 rings (SSSR count). The van der Waals surface area contributed by atoms with Crippen molar-refractivity contribution in [3.8, 4) is 11.9 Å². The van der Waals surface area contributed by atoms with Crippen molar-refractivity contribution >= 4 is 15.7 Å². The topological polar surface area (TPSA) is 101 Å². The van der Waals surface area contributed by atoms with Crippen LogP contribution in [-0.4, -0.2) is 35.5 Å². The molecule has 138 valence electrons. The van der Waals surface area contributed by atoms with Crippen LogP contribution in [-0.2, 0) is 9.84 Å². The minimum atomic E-state index is -3.43. The number of rotatable bonds is 5. The third kappa shape index (κ3) is 3.53. The fraction of sp³-hybridized carbons (Fsp3) is 0.438. The van der Waals surface area contributed by atoms with Crippen molar-refractivity contribution in [3.05, 3.63) is 29.6 Å². The highest BCUT2D eigenvalue weighted by atomic mass is 32.2.